The van der Waals surface area contributed by atoms with Crippen molar-refractivity contribution in [1.29, 1.82) is 0 Å². The number of ketones is 1. The Bertz CT molecular complexity index is 526. The number of amides is 1. The Labute approximate surface area is 129 Å². The SMILES string of the molecule is CCOc1cc(C(=O)CCCCl)ccc1NC(=O)C1CC1. The molecule has 1 amide bonds. The van der Waals surface area contributed by atoms with Crippen LogP contribution in [0.1, 0.15) is 43.0 Å². The third kappa shape index (κ3) is 4.46. The van der Waals surface area contributed by atoms with Gasteiger partial charge in [-0.1, -0.05) is 0 Å². The van der Waals surface area contributed by atoms with E-state index >= 15 is 0 Å². The Kier molecular flexibility index (Phi) is 5.62. The second kappa shape index (κ2) is 7.46. The average Bonchev–Trinajstić information content (AvgIpc) is 3.31. The molecule has 0 spiro atoms. The summed E-state index contributed by atoms with van der Waals surface area (Å²) in [4.78, 5) is 23.9. The van der Waals surface area contributed by atoms with E-state index in [0.29, 0.717) is 42.3 Å². The predicted molar refractivity (Wildman–Crippen MR) is 83.2 cm³/mol. The Morgan fingerprint density at radius 2 is 2.14 bits per heavy atom. The summed E-state index contributed by atoms with van der Waals surface area (Å²) in [5, 5.41) is 2.87. The van der Waals surface area contributed by atoms with E-state index < -0.39 is 0 Å². The molecule has 1 N–H and O–H groups in total. The lowest BCUT2D eigenvalue weighted by Crippen LogP contribution is -2.14. The highest BCUT2D eigenvalue weighted by Crippen LogP contribution is 2.33. The van der Waals surface area contributed by atoms with E-state index in [1.807, 2.05) is 6.92 Å². The molecule has 2 rings (SSSR count). The smallest absolute Gasteiger partial charge is 0.227 e. The minimum atomic E-state index is 0.0252. The van der Waals surface area contributed by atoms with Gasteiger partial charge in [-0.3, -0.25) is 9.59 Å². The van der Waals surface area contributed by atoms with Crippen LogP contribution in [0.5, 0.6) is 5.75 Å². The summed E-state index contributed by atoms with van der Waals surface area (Å²) in [5.74, 6) is 1.21. The quantitative estimate of drug-likeness (QED) is 0.589. The molecule has 0 saturated heterocycles. The molecule has 0 unspecified atom stereocenters. The molecule has 1 aliphatic carbocycles. The first-order valence-corrected chi connectivity index (χ1v) is 7.86. The number of Topliss-reactive ketones (excluding diaryl/α,β-unsaturated/α-hetero) is 1. The van der Waals surface area contributed by atoms with E-state index in [-0.39, 0.29) is 17.6 Å². The van der Waals surface area contributed by atoms with E-state index in [2.05, 4.69) is 5.32 Å². The molecule has 0 atom stereocenters. The van der Waals surface area contributed by atoms with Gasteiger partial charge in [0.25, 0.3) is 0 Å². The van der Waals surface area contributed by atoms with Gasteiger partial charge in [0.15, 0.2) is 5.78 Å². The van der Waals surface area contributed by atoms with Crippen LogP contribution in [-0.4, -0.2) is 24.2 Å². The second-order valence-corrected chi connectivity index (χ2v) is 5.50. The topological polar surface area (TPSA) is 55.4 Å². The van der Waals surface area contributed by atoms with Crippen molar-refractivity contribution in [2.75, 3.05) is 17.8 Å². The van der Waals surface area contributed by atoms with Crippen LogP contribution in [0, 0.1) is 5.92 Å². The Morgan fingerprint density at radius 3 is 2.76 bits per heavy atom. The third-order valence-electron chi connectivity index (χ3n) is 3.35. The number of benzene rings is 1. The van der Waals surface area contributed by atoms with Gasteiger partial charge < -0.3 is 10.1 Å². The van der Waals surface area contributed by atoms with E-state index in [9.17, 15) is 9.59 Å². The molecule has 114 valence electrons. The van der Waals surface area contributed by atoms with Crippen molar-refractivity contribution in [3.8, 4) is 5.75 Å². The number of hydrogen-bond acceptors (Lipinski definition) is 3. The van der Waals surface area contributed by atoms with Gasteiger partial charge in [-0.05, 0) is 44.4 Å². The molecule has 1 aliphatic rings. The first-order valence-electron chi connectivity index (χ1n) is 7.32. The third-order valence-corrected chi connectivity index (χ3v) is 3.61. The summed E-state index contributed by atoms with van der Waals surface area (Å²) in [6.45, 7) is 2.35. The van der Waals surface area contributed by atoms with Gasteiger partial charge in [-0.25, -0.2) is 0 Å². The molecule has 5 heteroatoms. The highest BCUT2D eigenvalue weighted by atomic mass is 35.5. The number of nitrogens with one attached hydrogen (secondary N) is 1. The van der Waals surface area contributed by atoms with E-state index in [1.54, 1.807) is 18.2 Å². The van der Waals surface area contributed by atoms with Crippen molar-refractivity contribution in [2.45, 2.75) is 32.6 Å². The van der Waals surface area contributed by atoms with E-state index in [0.717, 1.165) is 12.8 Å². The zero-order valence-corrected chi connectivity index (χ0v) is 12.9. The molecule has 1 saturated carbocycles. The highest BCUT2D eigenvalue weighted by molar-refractivity contribution is 6.18. The van der Waals surface area contributed by atoms with Crippen molar-refractivity contribution in [2.24, 2.45) is 5.92 Å². The van der Waals surface area contributed by atoms with Gasteiger partial charge in [-0.15, -0.1) is 11.6 Å². The summed E-state index contributed by atoms with van der Waals surface area (Å²) in [6.07, 6.45) is 2.98. The summed E-state index contributed by atoms with van der Waals surface area (Å²) in [7, 11) is 0. The van der Waals surface area contributed by atoms with Crippen LogP contribution in [0.25, 0.3) is 0 Å². The van der Waals surface area contributed by atoms with Crippen molar-refractivity contribution in [3.63, 3.8) is 0 Å². The Hall–Kier alpha value is -1.55. The van der Waals surface area contributed by atoms with Crippen molar-refractivity contribution >= 4 is 29.0 Å². The molecule has 1 fully saturated rings. The fraction of sp³-hybridized carbons (Fsp3) is 0.500. The van der Waals surface area contributed by atoms with Crippen molar-refractivity contribution in [1.82, 2.24) is 0 Å². The number of rotatable bonds is 8. The van der Waals surface area contributed by atoms with Gasteiger partial charge in [0.05, 0.1) is 12.3 Å². The number of carbonyl (C=O) groups excluding carboxylic acids is 2. The maximum Gasteiger partial charge on any atom is 0.227 e. The van der Waals surface area contributed by atoms with Gasteiger partial charge in [0.1, 0.15) is 5.75 Å². The molecule has 4 nitrogen and oxygen atoms in total. The first-order chi connectivity index (χ1) is 10.2. The van der Waals surface area contributed by atoms with Gasteiger partial charge >= 0.3 is 0 Å². The number of ether oxygens (including phenoxy) is 1. The second-order valence-electron chi connectivity index (χ2n) is 5.12. The van der Waals surface area contributed by atoms with Crippen LogP contribution >= 0.6 is 11.6 Å². The normalized spacial score (nSPS) is 13.8. The Morgan fingerprint density at radius 1 is 1.38 bits per heavy atom. The minimum absolute atomic E-state index is 0.0252. The van der Waals surface area contributed by atoms with E-state index in [4.69, 9.17) is 16.3 Å². The maximum absolute atomic E-state index is 12.0. The highest BCUT2D eigenvalue weighted by Gasteiger charge is 2.30. The van der Waals surface area contributed by atoms with Crippen molar-refractivity contribution < 1.29 is 14.3 Å². The van der Waals surface area contributed by atoms with Crippen molar-refractivity contribution in [3.05, 3.63) is 23.8 Å². The Balaban J connectivity index is 2.13. The molecule has 0 aromatic heterocycles. The van der Waals surface area contributed by atoms with Crippen LogP contribution < -0.4 is 10.1 Å². The summed E-state index contributed by atoms with van der Waals surface area (Å²) < 4.78 is 5.54. The summed E-state index contributed by atoms with van der Waals surface area (Å²) in [6, 6.07) is 5.16. The monoisotopic (exact) mass is 309 g/mol. The van der Waals surface area contributed by atoms with Crippen LogP contribution in [-0.2, 0) is 4.79 Å². The summed E-state index contributed by atoms with van der Waals surface area (Å²) >= 11 is 5.61. The van der Waals surface area contributed by atoms with Crippen LogP contribution in [0.3, 0.4) is 0 Å². The molecule has 21 heavy (non-hydrogen) atoms. The van der Waals surface area contributed by atoms with E-state index in [1.165, 1.54) is 0 Å². The number of carbonyl (C=O) groups is 2. The molecule has 1 aromatic rings. The van der Waals surface area contributed by atoms with Gasteiger partial charge in [-0.2, -0.15) is 0 Å². The lowest BCUT2D eigenvalue weighted by molar-refractivity contribution is -0.117. The number of halogens is 1. The summed E-state index contributed by atoms with van der Waals surface area (Å²) in [5.41, 5.74) is 1.22. The maximum atomic E-state index is 12.0. The lowest BCUT2D eigenvalue weighted by atomic mass is 10.1. The molecule has 0 bridgehead atoms. The number of anilines is 1. The van der Waals surface area contributed by atoms with Crippen LogP contribution in [0.2, 0.25) is 0 Å². The number of hydrogen-bond donors (Lipinski definition) is 1. The zero-order valence-electron chi connectivity index (χ0n) is 12.2. The molecule has 1 aromatic carbocycles. The molecular weight excluding hydrogens is 290 g/mol. The lowest BCUT2D eigenvalue weighted by Gasteiger charge is -2.13. The first kappa shape index (κ1) is 15.8. The van der Waals surface area contributed by atoms with Gasteiger partial charge in [0.2, 0.25) is 5.91 Å². The molecule has 0 heterocycles. The molecule has 0 radical (unpaired) electrons. The zero-order chi connectivity index (χ0) is 15.2. The van der Waals surface area contributed by atoms with Gasteiger partial charge in [0, 0.05) is 23.8 Å². The average molecular weight is 310 g/mol. The minimum Gasteiger partial charge on any atom is -0.492 e. The van der Waals surface area contributed by atoms with Crippen LogP contribution in [0.15, 0.2) is 18.2 Å². The van der Waals surface area contributed by atoms with Crippen LogP contribution in [0.4, 0.5) is 5.69 Å². The largest absolute Gasteiger partial charge is 0.492 e. The molecular formula is C16H20ClNO3. The fourth-order valence-corrected chi connectivity index (χ4v) is 2.16. The molecule has 0 aliphatic heterocycles. The predicted octanol–water partition coefficient (Wildman–Crippen LogP) is 3.64. The standard InChI is InChI=1S/C16H20ClNO3/c1-2-21-15-10-12(14(19)4-3-9-17)7-8-13(15)18-16(20)11-5-6-11/h7-8,10-11H,2-6,9H2,1H3,(H,18,20). The fourth-order valence-electron chi connectivity index (χ4n) is 2.03. The number of alkyl halides is 1.